The monoisotopic (exact) mass is 438 g/mol. The highest BCUT2D eigenvalue weighted by Crippen LogP contribution is 2.28. The fourth-order valence-electron chi connectivity index (χ4n) is 4.64. The van der Waals surface area contributed by atoms with Crippen LogP contribution in [0.15, 0.2) is 58.4 Å². The number of nitrogens with zero attached hydrogens (tertiary/aromatic N) is 4. The van der Waals surface area contributed by atoms with E-state index in [1.54, 1.807) is 12.1 Å². The zero-order valence-electron chi connectivity index (χ0n) is 18.1. The molecule has 2 aromatic carbocycles. The van der Waals surface area contributed by atoms with Gasteiger partial charge < -0.3 is 4.90 Å². The van der Waals surface area contributed by atoms with E-state index in [-0.39, 0.29) is 0 Å². The summed E-state index contributed by atoms with van der Waals surface area (Å²) in [4.78, 5) is 9.61. The molecule has 1 saturated carbocycles. The quantitative estimate of drug-likeness (QED) is 0.736. The second kappa shape index (κ2) is 8.28. The van der Waals surface area contributed by atoms with Crippen LogP contribution >= 0.6 is 0 Å². The van der Waals surface area contributed by atoms with Crippen molar-refractivity contribution >= 4 is 16.0 Å². The van der Waals surface area contributed by atoms with E-state index in [1.807, 2.05) is 12.1 Å². The Labute approximate surface area is 185 Å². The van der Waals surface area contributed by atoms with E-state index in [4.69, 9.17) is 0 Å². The van der Waals surface area contributed by atoms with E-state index in [2.05, 4.69) is 46.0 Å². The standard InChI is InChI=1S/C24H30N4O2S/c1-19-5-7-20(8-6-19)21-9-11-23(12-10-21)31(29,30)28-14-13-25-24(28)27-17-15-26(16-18-27)22-3-2-4-22/h5-12,22H,2-4,13-18H2,1H3. The second-order valence-corrected chi connectivity index (χ2v) is 10.6. The molecular formula is C24H30N4O2S. The van der Waals surface area contributed by atoms with Gasteiger partial charge in [0.15, 0.2) is 0 Å². The van der Waals surface area contributed by atoms with Crippen molar-refractivity contribution in [3.8, 4) is 11.1 Å². The molecule has 5 rings (SSSR count). The molecule has 0 radical (unpaired) electrons. The normalized spacial score (nSPS) is 20.6. The Morgan fingerprint density at radius 1 is 0.839 bits per heavy atom. The van der Waals surface area contributed by atoms with Crippen molar-refractivity contribution in [1.29, 1.82) is 0 Å². The average Bonchev–Trinajstić information content (AvgIpc) is 3.25. The second-order valence-electron chi connectivity index (χ2n) is 8.76. The lowest BCUT2D eigenvalue weighted by atomic mass is 9.91. The first-order valence-corrected chi connectivity index (χ1v) is 12.7. The lowest BCUT2D eigenvalue weighted by Crippen LogP contribution is -2.56. The van der Waals surface area contributed by atoms with Gasteiger partial charge in [0.2, 0.25) is 5.96 Å². The summed E-state index contributed by atoms with van der Waals surface area (Å²) in [5.74, 6) is 0.621. The lowest BCUT2D eigenvalue weighted by molar-refractivity contribution is 0.0833. The molecule has 0 amide bonds. The fraction of sp³-hybridized carbons (Fsp3) is 0.458. The van der Waals surface area contributed by atoms with Crippen molar-refractivity contribution in [2.45, 2.75) is 37.1 Å². The zero-order chi connectivity index (χ0) is 21.4. The van der Waals surface area contributed by atoms with Gasteiger partial charge in [0.1, 0.15) is 0 Å². The third-order valence-corrected chi connectivity index (χ3v) is 8.59. The van der Waals surface area contributed by atoms with Gasteiger partial charge in [-0.3, -0.25) is 9.89 Å². The Morgan fingerprint density at radius 3 is 2.03 bits per heavy atom. The van der Waals surface area contributed by atoms with Gasteiger partial charge in [-0.25, -0.2) is 12.7 Å². The number of aryl methyl sites for hydroxylation is 1. The van der Waals surface area contributed by atoms with E-state index < -0.39 is 10.0 Å². The SMILES string of the molecule is Cc1ccc(-c2ccc(S(=O)(=O)N3CCN=C3N3CCN(C4CCC4)CC3)cc2)cc1. The number of guanidine groups is 1. The minimum absolute atomic E-state index is 0.325. The minimum Gasteiger partial charge on any atom is -0.339 e. The summed E-state index contributed by atoms with van der Waals surface area (Å²) in [5.41, 5.74) is 3.31. The van der Waals surface area contributed by atoms with Crippen molar-refractivity contribution in [1.82, 2.24) is 14.1 Å². The summed E-state index contributed by atoms with van der Waals surface area (Å²) in [7, 11) is -3.62. The first-order valence-electron chi connectivity index (χ1n) is 11.3. The largest absolute Gasteiger partial charge is 0.339 e. The first kappa shape index (κ1) is 20.5. The number of aliphatic imine (C=N–C) groups is 1. The average molecular weight is 439 g/mol. The highest BCUT2D eigenvalue weighted by molar-refractivity contribution is 7.89. The highest BCUT2D eigenvalue weighted by atomic mass is 32.2. The Balaban J connectivity index is 1.30. The Hall–Kier alpha value is -2.38. The van der Waals surface area contributed by atoms with Crippen LogP contribution in [0.1, 0.15) is 24.8 Å². The molecule has 3 aliphatic rings. The molecule has 2 heterocycles. The van der Waals surface area contributed by atoms with Crippen molar-refractivity contribution in [3.63, 3.8) is 0 Å². The first-order chi connectivity index (χ1) is 15.0. The molecule has 0 spiro atoms. The van der Waals surface area contributed by atoms with Gasteiger partial charge in [-0.1, -0.05) is 48.4 Å². The molecule has 2 aliphatic heterocycles. The summed E-state index contributed by atoms with van der Waals surface area (Å²) in [6.07, 6.45) is 3.95. The molecule has 1 aliphatic carbocycles. The zero-order valence-corrected chi connectivity index (χ0v) is 18.9. The molecular weight excluding hydrogens is 408 g/mol. The third-order valence-electron chi connectivity index (χ3n) is 6.79. The van der Waals surface area contributed by atoms with Crippen molar-refractivity contribution in [2.24, 2.45) is 4.99 Å². The molecule has 6 nitrogen and oxygen atoms in total. The van der Waals surface area contributed by atoms with E-state index >= 15 is 0 Å². The predicted molar refractivity (Wildman–Crippen MR) is 124 cm³/mol. The molecule has 0 atom stereocenters. The summed E-state index contributed by atoms with van der Waals surface area (Å²) in [5, 5.41) is 0. The fourth-order valence-corrected chi connectivity index (χ4v) is 6.08. The van der Waals surface area contributed by atoms with Gasteiger partial charge in [0, 0.05) is 32.2 Å². The van der Waals surface area contributed by atoms with E-state index in [0.29, 0.717) is 23.9 Å². The van der Waals surface area contributed by atoms with Crippen LogP contribution in [0.5, 0.6) is 0 Å². The molecule has 1 saturated heterocycles. The molecule has 164 valence electrons. The maximum atomic E-state index is 13.4. The van der Waals surface area contributed by atoms with Crippen molar-refractivity contribution in [2.75, 3.05) is 39.3 Å². The maximum Gasteiger partial charge on any atom is 0.266 e. The predicted octanol–water partition coefficient (Wildman–Crippen LogP) is 3.19. The summed E-state index contributed by atoms with van der Waals surface area (Å²) < 4.78 is 28.3. The summed E-state index contributed by atoms with van der Waals surface area (Å²) in [6, 6.07) is 16.2. The lowest BCUT2D eigenvalue weighted by Gasteiger charge is -2.44. The minimum atomic E-state index is -3.62. The van der Waals surface area contributed by atoms with Crippen LogP contribution in [0.4, 0.5) is 0 Å². The topological polar surface area (TPSA) is 56.2 Å². The van der Waals surface area contributed by atoms with E-state index in [0.717, 1.165) is 43.3 Å². The molecule has 0 N–H and O–H groups in total. The molecule has 7 heteroatoms. The van der Waals surface area contributed by atoms with Crippen molar-refractivity contribution in [3.05, 3.63) is 54.1 Å². The number of sulfonamides is 1. The van der Waals surface area contributed by atoms with Crippen LogP contribution in [0, 0.1) is 6.92 Å². The smallest absolute Gasteiger partial charge is 0.266 e. The maximum absolute atomic E-state index is 13.4. The molecule has 2 aromatic rings. The van der Waals surface area contributed by atoms with E-state index in [9.17, 15) is 8.42 Å². The van der Waals surface area contributed by atoms with Crippen LogP contribution in [-0.2, 0) is 10.0 Å². The number of hydrogen-bond acceptors (Lipinski definition) is 5. The molecule has 31 heavy (non-hydrogen) atoms. The van der Waals surface area contributed by atoms with Crippen LogP contribution < -0.4 is 0 Å². The molecule has 2 fully saturated rings. The number of rotatable bonds is 4. The molecule has 0 unspecified atom stereocenters. The number of benzene rings is 2. The number of piperazine rings is 1. The van der Waals surface area contributed by atoms with E-state index in [1.165, 1.54) is 29.1 Å². The van der Waals surface area contributed by atoms with Crippen LogP contribution in [0.25, 0.3) is 11.1 Å². The summed E-state index contributed by atoms with van der Waals surface area (Å²) in [6.45, 7) is 6.66. The molecule has 0 bridgehead atoms. The van der Waals surface area contributed by atoms with Gasteiger partial charge >= 0.3 is 0 Å². The Kier molecular flexibility index (Phi) is 5.48. The highest BCUT2D eigenvalue weighted by Gasteiger charge is 2.36. The van der Waals surface area contributed by atoms with Crippen molar-refractivity contribution < 1.29 is 8.42 Å². The van der Waals surface area contributed by atoms with Gasteiger partial charge in [0.05, 0.1) is 18.0 Å². The van der Waals surface area contributed by atoms with Gasteiger partial charge in [-0.15, -0.1) is 0 Å². The number of hydrogen-bond donors (Lipinski definition) is 0. The van der Waals surface area contributed by atoms with Crippen LogP contribution in [-0.4, -0.2) is 73.8 Å². The summed E-state index contributed by atoms with van der Waals surface area (Å²) >= 11 is 0. The van der Waals surface area contributed by atoms with Crippen LogP contribution in [0.2, 0.25) is 0 Å². The van der Waals surface area contributed by atoms with Gasteiger partial charge in [-0.2, -0.15) is 0 Å². The van der Waals surface area contributed by atoms with Crippen LogP contribution in [0.3, 0.4) is 0 Å². The van der Waals surface area contributed by atoms with Gasteiger partial charge in [-0.05, 0) is 43.0 Å². The Bertz CT molecular complexity index is 1050. The van der Waals surface area contributed by atoms with Gasteiger partial charge in [0.25, 0.3) is 10.0 Å². The Morgan fingerprint density at radius 2 is 1.45 bits per heavy atom. The third kappa shape index (κ3) is 3.96. The molecule has 0 aromatic heterocycles.